The van der Waals surface area contributed by atoms with Crippen LogP contribution in [0.3, 0.4) is 0 Å². The number of aryl methyl sites for hydroxylation is 2. The highest BCUT2D eigenvalue weighted by atomic mass is 16.3. The third kappa shape index (κ3) is 4.60. The first-order chi connectivity index (χ1) is 13.5. The highest BCUT2D eigenvalue weighted by Gasteiger charge is 2.25. The summed E-state index contributed by atoms with van der Waals surface area (Å²) in [5.74, 6) is 0.0810. The van der Waals surface area contributed by atoms with Crippen molar-refractivity contribution in [3.63, 3.8) is 0 Å². The molecule has 0 unspecified atom stereocenters. The Hall–Kier alpha value is -3.09. The van der Waals surface area contributed by atoms with E-state index in [0.717, 1.165) is 5.56 Å². The normalized spacial score (nSPS) is 14.6. The lowest BCUT2D eigenvalue weighted by Gasteiger charge is -2.32. The molecule has 28 heavy (non-hydrogen) atoms. The molecule has 1 aliphatic heterocycles. The molecule has 2 aromatic rings. The summed E-state index contributed by atoms with van der Waals surface area (Å²) < 4.78 is 5.16. The van der Waals surface area contributed by atoms with E-state index < -0.39 is 0 Å². The molecule has 2 heterocycles. The van der Waals surface area contributed by atoms with E-state index in [1.807, 2.05) is 19.1 Å². The van der Waals surface area contributed by atoms with Crippen LogP contribution >= 0.6 is 0 Å². The zero-order valence-electron chi connectivity index (χ0n) is 16.2. The average Bonchev–Trinajstić information content (AvgIpc) is 3.13. The van der Waals surface area contributed by atoms with Crippen LogP contribution in [0.2, 0.25) is 0 Å². The number of likely N-dealkylation sites (tertiary alicyclic amines) is 1. The van der Waals surface area contributed by atoms with Gasteiger partial charge in [0.15, 0.2) is 0 Å². The summed E-state index contributed by atoms with van der Waals surface area (Å²) in [4.78, 5) is 38.6. The Balaban J connectivity index is 1.44. The van der Waals surface area contributed by atoms with E-state index in [1.165, 1.54) is 6.26 Å². The van der Waals surface area contributed by atoms with Crippen LogP contribution in [0.15, 0.2) is 41.0 Å². The minimum absolute atomic E-state index is 0.0207. The number of nitrogens with zero attached hydrogens (tertiary/aromatic N) is 1. The quantitative estimate of drug-likeness (QED) is 0.827. The molecule has 3 amide bonds. The number of hydrogen-bond acceptors (Lipinski definition) is 4. The minimum Gasteiger partial charge on any atom is -0.469 e. The Bertz CT molecular complexity index is 866. The van der Waals surface area contributed by atoms with Gasteiger partial charge in [-0.15, -0.1) is 0 Å². The Morgan fingerprint density at radius 2 is 1.75 bits per heavy atom. The van der Waals surface area contributed by atoms with Crippen LogP contribution in [0.1, 0.15) is 44.9 Å². The molecule has 2 N–H and O–H groups in total. The van der Waals surface area contributed by atoms with Gasteiger partial charge in [-0.05, 0) is 44.4 Å². The number of nitrogens with one attached hydrogen (secondary N) is 2. The molecule has 7 heteroatoms. The third-order valence-electron chi connectivity index (χ3n) is 5.08. The van der Waals surface area contributed by atoms with Gasteiger partial charge >= 0.3 is 0 Å². The summed E-state index contributed by atoms with van der Waals surface area (Å²) in [6.45, 7) is 4.68. The predicted octanol–water partition coefficient (Wildman–Crippen LogP) is 2.05. The van der Waals surface area contributed by atoms with E-state index >= 15 is 0 Å². The van der Waals surface area contributed by atoms with Crippen molar-refractivity contribution in [1.29, 1.82) is 0 Å². The zero-order chi connectivity index (χ0) is 20.1. The van der Waals surface area contributed by atoms with Crippen LogP contribution in [0.25, 0.3) is 0 Å². The van der Waals surface area contributed by atoms with Gasteiger partial charge in [-0.3, -0.25) is 14.4 Å². The largest absolute Gasteiger partial charge is 0.469 e. The number of piperidine rings is 1. The van der Waals surface area contributed by atoms with Gasteiger partial charge in [-0.2, -0.15) is 0 Å². The molecular weight excluding hydrogens is 358 g/mol. The maximum Gasteiger partial charge on any atom is 0.255 e. The Kier molecular flexibility index (Phi) is 6.13. The Morgan fingerprint density at radius 3 is 2.39 bits per heavy atom. The Labute approximate surface area is 164 Å². The van der Waals surface area contributed by atoms with Crippen LogP contribution in [0.4, 0.5) is 0 Å². The smallest absolute Gasteiger partial charge is 0.255 e. The molecule has 1 aromatic heterocycles. The van der Waals surface area contributed by atoms with Gasteiger partial charge in [-0.1, -0.05) is 18.2 Å². The molecule has 7 nitrogen and oxygen atoms in total. The zero-order valence-corrected chi connectivity index (χ0v) is 16.2. The number of carbonyl (C=O) groups excluding carboxylic acids is 3. The molecule has 0 radical (unpaired) electrons. The second-order valence-electron chi connectivity index (χ2n) is 7.02. The molecule has 1 aliphatic rings. The standard InChI is InChI=1S/C21H25N3O4/c1-14-5-3-4-6-17(14)20(26)22-13-19(25)24-10-7-16(8-11-24)23-21(27)18-9-12-28-15(18)2/h3-6,9,12,16H,7-8,10-11,13H2,1-2H3,(H,22,26)(H,23,27). The van der Waals surface area contributed by atoms with Crippen molar-refractivity contribution in [2.75, 3.05) is 19.6 Å². The van der Waals surface area contributed by atoms with Gasteiger partial charge in [-0.25, -0.2) is 0 Å². The van der Waals surface area contributed by atoms with E-state index in [0.29, 0.717) is 42.8 Å². The number of amides is 3. The fourth-order valence-corrected chi connectivity index (χ4v) is 3.35. The molecule has 0 aliphatic carbocycles. The number of hydrogen-bond donors (Lipinski definition) is 2. The van der Waals surface area contributed by atoms with Crippen LogP contribution in [-0.4, -0.2) is 48.3 Å². The summed E-state index contributed by atoms with van der Waals surface area (Å²) in [5, 5.41) is 5.69. The fourth-order valence-electron chi connectivity index (χ4n) is 3.35. The van der Waals surface area contributed by atoms with Gasteiger partial charge in [0.2, 0.25) is 5.91 Å². The van der Waals surface area contributed by atoms with Gasteiger partial charge in [0.05, 0.1) is 18.4 Å². The van der Waals surface area contributed by atoms with E-state index in [9.17, 15) is 14.4 Å². The summed E-state index contributed by atoms with van der Waals surface area (Å²) >= 11 is 0. The maximum absolute atomic E-state index is 12.4. The second-order valence-corrected chi connectivity index (χ2v) is 7.02. The van der Waals surface area contributed by atoms with E-state index in [2.05, 4.69) is 10.6 Å². The molecule has 148 valence electrons. The summed E-state index contributed by atoms with van der Waals surface area (Å²) in [5.41, 5.74) is 1.99. The lowest BCUT2D eigenvalue weighted by Crippen LogP contribution is -2.49. The molecule has 1 fully saturated rings. The first-order valence-electron chi connectivity index (χ1n) is 9.42. The maximum atomic E-state index is 12.4. The van der Waals surface area contributed by atoms with Crippen molar-refractivity contribution in [1.82, 2.24) is 15.5 Å². The lowest BCUT2D eigenvalue weighted by molar-refractivity contribution is -0.131. The lowest BCUT2D eigenvalue weighted by atomic mass is 10.0. The van der Waals surface area contributed by atoms with Crippen molar-refractivity contribution in [3.05, 3.63) is 59.0 Å². The van der Waals surface area contributed by atoms with E-state index in [1.54, 1.807) is 30.0 Å². The van der Waals surface area contributed by atoms with Crippen molar-refractivity contribution in [2.24, 2.45) is 0 Å². The topological polar surface area (TPSA) is 91.7 Å². The first kappa shape index (κ1) is 19.7. The van der Waals surface area contributed by atoms with Gasteiger partial charge in [0, 0.05) is 24.7 Å². The SMILES string of the molecule is Cc1ccccc1C(=O)NCC(=O)N1CCC(NC(=O)c2ccoc2C)CC1. The van der Waals surface area contributed by atoms with Gasteiger partial charge < -0.3 is 20.0 Å². The predicted molar refractivity (Wildman–Crippen MR) is 104 cm³/mol. The van der Waals surface area contributed by atoms with Crippen molar-refractivity contribution in [2.45, 2.75) is 32.7 Å². The van der Waals surface area contributed by atoms with Crippen LogP contribution in [0, 0.1) is 13.8 Å². The Morgan fingerprint density at radius 1 is 1.04 bits per heavy atom. The van der Waals surface area contributed by atoms with Crippen molar-refractivity contribution >= 4 is 17.7 Å². The average molecular weight is 383 g/mol. The van der Waals surface area contributed by atoms with Crippen LogP contribution in [-0.2, 0) is 4.79 Å². The van der Waals surface area contributed by atoms with Gasteiger partial charge in [0.25, 0.3) is 11.8 Å². The molecule has 1 aromatic carbocycles. The monoisotopic (exact) mass is 383 g/mol. The number of benzene rings is 1. The van der Waals surface area contributed by atoms with Crippen molar-refractivity contribution < 1.29 is 18.8 Å². The van der Waals surface area contributed by atoms with E-state index in [4.69, 9.17) is 4.42 Å². The summed E-state index contributed by atoms with van der Waals surface area (Å²) in [6, 6.07) is 8.95. The summed E-state index contributed by atoms with van der Waals surface area (Å²) in [6.07, 6.45) is 2.86. The molecule has 3 rings (SSSR count). The first-order valence-corrected chi connectivity index (χ1v) is 9.42. The molecule has 0 bridgehead atoms. The minimum atomic E-state index is -0.246. The highest BCUT2D eigenvalue weighted by molar-refractivity contribution is 5.97. The molecular formula is C21H25N3O4. The molecule has 1 saturated heterocycles. The number of carbonyl (C=O) groups is 3. The number of rotatable bonds is 5. The van der Waals surface area contributed by atoms with E-state index in [-0.39, 0.29) is 30.3 Å². The van der Waals surface area contributed by atoms with Crippen molar-refractivity contribution in [3.8, 4) is 0 Å². The third-order valence-corrected chi connectivity index (χ3v) is 5.08. The molecule has 0 atom stereocenters. The number of furan rings is 1. The highest BCUT2D eigenvalue weighted by Crippen LogP contribution is 2.14. The summed E-state index contributed by atoms with van der Waals surface area (Å²) in [7, 11) is 0. The van der Waals surface area contributed by atoms with Crippen LogP contribution < -0.4 is 10.6 Å². The molecule has 0 spiro atoms. The van der Waals surface area contributed by atoms with Crippen LogP contribution in [0.5, 0.6) is 0 Å². The van der Waals surface area contributed by atoms with Gasteiger partial charge in [0.1, 0.15) is 5.76 Å². The second kappa shape index (κ2) is 8.73. The fraction of sp³-hybridized carbons (Fsp3) is 0.381. The molecule has 0 saturated carbocycles.